The number of hydrogen-bond acceptors (Lipinski definition) is 5. The van der Waals surface area contributed by atoms with E-state index in [4.69, 9.17) is 19.7 Å². The second-order valence-electron chi connectivity index (χ2n) is 5.36. The van der Waals surface area contributed by atoms with Gasteiger partial charge < -0.3 is 25.0 Å². The van der Waals surface area contributed by atoms with E-state index in [1.165, 1.54) is 12.1 Å². The van der Waals surface area contributed by atoms with Crippen LogP contribution in [-0.2, 0) is 4.74 Å². The highest BCUT2D eigenvalue weighted by Crippen LogP contribution is 2.41. The van der Waals surface area contributed by atoms with Crippen molar-refractivity contribution < 1.29 is 24.1 Å². The van der Waals surface area contributed by atoms with Crippen molar-refractivity contribution in [2.45, 2.75) is 18.6 Å². The number of ether oxygens (including phenoxy) is 2. The molecule has 0 spiro atoms. The van der Waals surface area contributed by atoms with E-state index in [0.29, 0.717) is 24.5 Å². The average molecular weight is 319 g/mol. The minimum Gasteiger partial charge on any atom is -0.453 e. The van der Waals surface area contributed by atoms with E-state index < -0.39 is 12.2 Å². The van der Waals surface area contributed by atoms with Crippen molar-refractivity contribution in [2.75, 3.05) is 18.5 Å². The zero-order valence-electron chi connectivity index (χ0n) is 12.4. The number of aliphatic hydroxyl groups excluding tert-OH is 2. The lowest BCUT2D eigenvalue weighted by Crippen LogP contribution is -2.36. The quantitative estimate of drug-likeness (QED) is 0.594. The van der Waals surface area contributed by atoms with E-state index in [9.17, 15) is 4.39 Å². The molecule has 2 atom stereocenters. The molecule has 4 rings (SSSR count). The molecule has 2 aliphatic rings. The fourth-order valence-corrected chi connectivity index (χ4v) is 2.32. The molecule has 2 unspecified atom stereocenters. The number of rotatable bonds is 0. The molecule has 2 aromatic rings. The normalized spacial score (nSPS) is 21.7. The molecule has 1 saturated heterocycles. The Morgan fingerprint density at radius 1 is 1.00 bits per heavy atom. The number of halogens is 1. The molecule has 23 heavy (non-hydrogen) atoms. The van der Waals surface area contributed by atoms with Gasteiger partial charge in [0, 0.05) is 12.7 Å². The Kier molecular flexibility index (Phi) is 4.76. The van der Waals surface area contributed by atoms with Gasteiger partial charge in [-0.2, -0.15) is 0 Å². The van der Waals surface area contributed by atoms with Crippen molar-refractivity contribution in [1.82, 2.24) is 0 Å². The van der Waals surface area contributed by atoms with Gasteiger partial charge in [-0.25, -0.2) is 4.39 Å². The fraction of sp³-hybridized carbons (Fsp3) is 0.294. The first-order valence-electron chi connectivity index (χ1n) is 7.41. The van der Waals surface area contributed by atoms with Crippen LogP contribution in [0.1, 0.15) is 6.42 Å². The maximum absolute atomic E-state index is 13.0. The van der Waals surface area contributed by atoms with E-state index in [1.54, 1.807) is 6.07 Å². The predicted octanol–water partition coefficient (Wildman–Crippen LogP) is 2.80. The molecule has 0 amide bonds. The van der Waals surface area contributed by atoms with Crippen LogP contribution in [0.15, 0.2) is 42.5 Å². The Bertz CT molecular complexity index is 669. The molecular weight excluding hydrogens is 301 g/mol. The van der Waals surface area contributed by atoms with Crippen LogP contribution in [-0.4, -0.2) is 35.6 Å². The Hall–Kier alpha value is -2.15. The molecule has 5 nitrogen and oxygen atoms in total. The highest BCUT2D eigenvalue weighted by Gasteiger charge is 2.20. The zero-order chi connectivity index (χ0) is 16.2. The van der Waals surface area contributed by atoms with Crippen LogP contribution in [0, 0.1) is 5.82 Å². The van der Waals surface area contributed by atoms with Crippen LogP contribution >= 0.6 is 0 Å². The Morgan fingerprint density at radius 2 is 1.78 bits per heavy atom. The molecule has 0 bridgehead atoms. The fourth-order valence-electron chi connectivity index (χ4n) is 2.32. The summed E-state index contributed by atoms with van der Waals surface area (Å²) in [5.74, 6) is 1.14. The lowest BCUT2D eigenvalue weighted by Gasteiger charge is -2.22. The van der Waals surface area contributed by atoms with Crippen LogP contribution in [0.25, 0.3) is 0 Å². The van der Waals surface area contributed by atoms with Gasteiger partial charge in [0.15, 0.2) is 11.5 Å². The third-order valence-corrected chi connectivity index (χ3v) is 3.61. The molecule has 6 heteroatoms. The van der Waals surface area contributed by atoms with Gasteiger partial charge in [-0.15, -0.1) is 0 Å². The maximum Gasteiger partial charge on any atom is 0.151 e. The number of anilines is 2. The number of para-hydroxylation sites is 2. The largest absolute Gasteiger partial charge is 0.453 e. The van der Waals surface area contributed by atoms with Crippen LogP contribution in [0.2, 0.25) is 0 Å². The highest BCUT2D eigenvalue weighted by atomic mass is 19.1. The summed E-state index contributed by atoms with van der Waals surface area (Å²) in [5, 5.41) is 20.8. The van der Waals surface area contributed by atoms with E-state index in [2.05, 4.69) is 5.32 Å². The lowest BCUT2D eigenvalue weighted by molar-refractivity contribution is -0.0852. The summed E-state index contributed by atoms with van der Waals surface area (Å²) in [5.41, 5.74) is 1.52. The Morgan fingerprint density at radius 3 is 2.52 bits per heavy atom. The molecule has 122 valence electrons. The third kappa shape index (κ3) is 3.79. The number of benzene rings is 2. The SMILES string of the molecule is Fc1ccc2c(c1)Nc1ccccc1O2.OC1CCOCC1O. The highest BCUT2D eigenvalue weighted by molar-refractivity contribution is 5.75. The maximum atomic E-state index is 13.0. The first-order chi connectivity index (χ1) is 11.1. The molecule has 3 N–H and O–H groups in total. The van der Waals surface area contributed by atoms with Gasteiger partial charge in [-0.1, -0.05) is 12.1 Å². The number of fused-ring (bicyclic) bond motifs is 2. The number of hydrogen-bond donors (Lipinski definition) is 3. The van der Waals surface area contributed by atoms with Crippen molar-refractivity contribution in [3.63, 3.8) is 0 Å². The van der Waals surface area contributed by atoms with Crippen LogP contribution < -0.4 is 10.1 Å². The monoisotopic (exact) mass is 319 g/mol. The molecule has 0 aromatic heterocycles. The zero-order valence-corrected chi connectivity index (χ0v) is 12.4. The summed E-state index contributed by atoms with van der Waals surface area (Å²) in [6.45, 7) is 0.847. The molecule has 0 saturated carbocycles. The van der Waals surface area contributed by atoms with Crippen LogP contribution in [0.3, 0.4) is 0 Å². The van der Waals surface area contributed by atoms with Crippen molar-refractivity contribution >= 4 is 11.4 Å². The van der Waals surface area contributed by atoms with E-state index in [-0.39, 0.29) is 12.4 Å². The van der Waals surface area contributed by atoms with Gasteiger partial charge >= 0.3 is 0 Å². The van der Waals surface area contributed by atoms with Gasteiger partial charge in [-0.05, 0) is 30.7 Å². The first kappa shape index (κ1) is 15.7. The summed E-state index contributed by atoms with van der Waals surface area (Å²) in [4.78, 5) is 0. The molecule has 2 aliphatic heterocycles. The van der Waals surface area contributed by atoms with Gasteiger partial charge in [0.2, 0.25) is 0 Å². The summed E-state index contributed by atoms with van der Waals surface area (Å²) in [7, 11) is 0. The average Bonchev–Trinajstić information content (AvgIpc) is 2.56. The summed E-state index contributed by atoms with van der Waals surface area (Å²) >= 11 is 0. The second-order valence-corrected chi connectivity index (χ2v) is 5.36. The van der Waals surface area contributed by atoms with Crippen molar-refractivity contribution in [3.8, 4) is 11.5 Å². The lowest BCUT2D eigenvalue weighted by atomic mass is 10.1. The van der Waals surface area contributed by atoms with Crippen molar-refractivity contribution in [1.29, 1.82) is 0 Å². The smallest absolute Gasteiger partial charge is 0.151 e. The summed E-state index contributed by atoms with van der Waals surface area (Å²) in [6.07, 6.45) is -0.672. The van der Waals surface area contributed by atoms with E-state index in [1.807, 2.05) is 24.3 Å². The predicted molar refractivity (Wildman–Crippen MR) is 83.6 cm³/mol. The minimum absolute atomic E-state index is 0.274. The van der Waals surface area contributed by atoms with Crippen molar-refractivity contribution in [2.24, 2.45) is 0 Å². The molecule has 2 heterocycles. The minimum atomic E-state index is -0.663. The van der Waals surface area contributed by atoms with Crippen LogP contribution in [0.5, 0.6) is 11.5 Å². The molecule has 2 aromatic carbocycles. The van der Waals surface area contributed by atoms with Gasteiger partial charge in [0.1, 0.15) is 11.9 Å². The number of aliphatic hydroxyl groups is 2. The van der Waals surface area contributed by atoms with Crippen molar-refractivity contribution in [3.05, 3.63) is 48.3 Å². The summed E-state index contributed by atoms with van der Waals surface area (Å²) < 4.78 is 23.4. The van der Waals surface area contributed by atoms with Gasteiger partial charge in [-0.3, -0.25) is 0 Å². The topological polar surface area (TPSA) is 71.0 Å². The second kappa shape index (κ2) is 6.95. The summed E-state index contributed by atoms with van der Waals surface area (Å²) in [6, 6.07) is 12.0. The third-order valence-electron chi connectivity index (χ3n) is 3.61. The van der Waals surface area contributed by atoms with Crippen LogP contribution in [0.4, 0.5) is 15.8 Å². The van der Waals surface area contributed by atoms with Gasteiger partial charge in [0.05, 0.1) is 24.1 Å². The molecule has 1 fully saturated rings. The van der Waals surface area contributed by atoms with Gasteiger partial charge in [0.25, 0.3) is 0 Å². The Balaban J connectivity index is 0.000000166. The first-order valence-corrected chi connectivity index (χ1v) is 7.41. The molecular formula is C17H18FNO4. The van der Waals surface area contributed by atoms with E-state index >= 15 is 0 Å². The number of nitrogens with one attached hydrogen (secondary N) is 1. The standard InChI is InChI=1S/C12H8FNO.C5H10O3/c13-8-5-6-12-10(7-8)14-9-3-1-2-4-11(9)15-12;6-4-1-2-8-3-5(4)7/h1-7,14H;4-7H,1-3H2. The molecule has 0 radical (unpaired) electrons. The Labute approximate surface area is 133 Å². The van der Waals surface area contributed by atoms with E-state index in [0.717, 1.165) is 11.4 Å². The molecule has 0 aliphatic carbocycles.